The number of hydrogen-bond acceptors (Lipinski definition) is 6. The minimum atomic E-state index is -0.554. The van der Waals surface area contributed by atoms with Gasteiger partial charge in [0.05, 0.1) is 41.3 Å². The molecule has 0 atom stereocenters. The number of nitrogens with two attached hydrogens (primary N) is 1. The number of nitrogens with one attached hydrogen (secondary N) is 1. The minimum absolute atomic E-state index is 0.270. The molecule has 0 spiro atoms. The molecule has 3 N–H and O–H groups in total. The first-order chi connectivity index (χ1) is 16.3. The molecule has 0 bridgehead atoms. The lowest BCUT2D eigenvalue weighted by molar-refractivity contribution is -0.112. The third kappa shape index (κ3) is 4.69. The summed E-state index contributed by atoms with van der Waals surface area (Å²) in [6, 6.07) is 7.82. The summed E-state index contributed by atoms with van der Waals surface area (Å²) in [6.07, 6.45) is 3.30. The van der Waals surface area contributed by atoms with E-state index in [-0.39, 0.29) is 15.6 Å². The van der Waals surface area contributed by atoms with Crippen LogP contribution in [0.1, 0.15) is 15.9 Å². The van der Waals surface area contributed by atoms with Crippen molar-refractivity contribution in [1.82, 2.24) is 0 Å². The molecular formula is C24H22Cl2N4O4. The average Bonchev–Trinajstić information content (AvgIpc) is 2.84. The third-order valence-corrected chi connectivity index (χ3v) is 5.86. The zero-order valence-corrected chi connectivity index (χ0v) is 20.4. The molecule has 1 aliphatic rings. The highest BCUT2D eigenvalue weighted by molar-refractivity contribution is 6.67. The molecule has 0 fully saturated rings. The average molecular weight is 501 g/mol. The number of carbonyl (C=O) groups is 2. The second kappa shape index (κ2) is 10.5. The maximum absolute atomic E-state index is 13.1. The Kier molecular flexibility index (Phi) is 7.75. The molecule has 176 valence electrons. The normalized spacial score (nSPS) is 15.6. The summed E-state index contributed by atoms with van der Waals surface area (Å²) >= 11 is 13.2. The van der Waals surface area contributed by atoms with Crippen LogP contribution in [-0.4, -0.2) is 51.6 Å². The standard InChI is InChI=1S/C24H22Cl2N4O4/c1-28-21-14(18-19(25)16(33-3)11-17(34-4)20(18)26)9-10-15(22(21)29-2)24(32)30-13-7-5-12(6-8-13)23(27)31/h5-11H,1-4H3,(H2,27,31)(H,30,32). The monoisotopic (exact) mass is 500 g/mol. The van der Waals surface area contributed by atoms with E-state index in [9.17, 15) is 9.59 Å². The maximum atomic E-state index is 13.1. The van der Waals surface area contributed by atoms with E-state index in [0.29, 0.717) is 45.3 Å². The molecule has 3 rings (SSSR count). The van der Waals surface area contributed by atoms with E-state index >= 15 is 0 Å². The second-order valence-corrected chi connectivity index (χ2v) is 7.74. The van der Waals surface area contributed by atoms with Crippen molar-refractivity contribution in [2.24, 2.45) is 15.7 Å². The van der Waals surface area contributed by atoms with Crippen molar-refractivity contribution >= 4 is 57.7 Å². The first-order valence-corrected chi connectivity index (χ1v) is 10.7. The predicted octanol–water partition coefficient (Wildman–Crippen LogP) is 4.21. The van der Waals surface area contributed by atoms with Gasteiger partial charge in [-0.3, -0.25) is 19.6 Å². The van der Waals surface area contributed by atoms with E-state index in [1.807, 2.05) is 0 Å². The summed E-state index contributed by atoms with van der Waals surface area (Å²) in [5, 5.41) is 3.32. The van der Waals surface area contributed by atoms with Crippen LogP contribution in [0.5, 0.6) is 11.5 Å². The fourth-order valence-corrected chi connectivity index (χ4v) is 4.16. The number of amides is 2. The molecule has 1 aliphatic carbocycles. The van der Waals surface area contributed by atoms with Gasteiger partial charge in [0.2, 0.25) is 5.91 Å². The van der Waals surface area contributed by atoms with Gasteiger partial charge in [0, 0.05) is 42.5 Å². The highest BCUT2D eigenvalue weighted by Gasteiger charge is 2.30. The summed E-state index contributed by atoms with van der Waals surface area (Å²) < 4.78 is 10.7. The van der Waals surface area contributed by atoms with Gasteiger partial charge in [-0.2, -0.15) is 0 Å². The Morgan fingerprint density at radius 3 is 1.94 bits per heavy atom. The van der Waals surface area contributed by atoms with Crippen LogP contribution in [0.2, 0.25) is 10.0 Å². The van der Waals surface area contributed by atoms with Gasteiger partial charge in [-0.1, -0.05) is 29.3 Å². The number of benzene rings is 2. The number of rotatable bonds is 6. The van der Waals surface area contributed by atoms with Crippen LogP contribution in [0.4, 0.5) is 5.69 Å². The van der Waals surface area contributed by atoms with Crippen LogP contribution >= 0.6 is 23.2 Å². The van der Waals surface area contributed by atoms with E-state index < -0.39 is 11.8 Å². The molecule has 8 nitrogen and oxygen atoms in total. The molecule has 10 heteroatoms. The highest BCUT2D eigenvalue weighted by atomic mass is 35.5. The van der Waals surface area contributed by atoms with Crippen molar-refractivity contribution in [3.8, 4) is 11.5 Å². The van der Waals surface area contributed by atoms with Gasteiger partial charge in [0.1, 0.15) is 11.5 Å². The molecule has 2 aromatic rings. The molecular weight excluding hydrogens is 479 g/mol. The number of anilines is 1. The second-order valence-electron chi connectivity index (χ2n) is 6.98. The third-order valence-electron chi connectivity index (χ3n) is 5.11. The summed E-state index contributed by atoms with van der Waals surface area (Å²) in [6.45, 7) is 0. The Morgan fingerprint density at radius 2 is 1.47 bits per heavy atom. The molecule has 0 radical (unpaired) electrons. The van der Waals surface area contributed by atoms with E-state index in [4.69, 9.17) is 38.4 Å². The Bertz CT molecular complexity index is 1250. The lowest BCUT2D eigenvalue weighted by Crippen LogP contribution is -2.29. The smallest absolute Gasteiger partial charge is 0.257 e. The van der Waals surface area contributed by atoms with Crippen molar-refractivity contribution in [2.45, 2.75) is 0 Å². The summed E-state index contributed by atoms with van der Waals surface area (Å²) in [4.78, 5) is 33.0. The van der Waals surface area contributed by atoms with E-state index in [0.717, 1.165) is 0 Å². The Labute approximate surface area is 206 Å². The van der Waals surface area contributed by atoms with E-state index in [2.05, 4.69) is 15.3 Å². The number of aliphatic imine (C=N–C) groups is 2. The quantitative estimate of drug-likeness (QED) is 0.577. The summed E-state index contributed by atoms with van der Waals surface area (Å²) in [5.74, 6) is -0.224. The fourth-order valence-electron chi connectivity index (χ4n) is 3.46. The van der Waals surface area contributed by atoms with Gasteiger partial charge in [-0.25, -0.2) is 0 Å². The van der Waals surface area contributed by atoms with Crippen LogP contribution in [0.15, 0.2) is 58.0 Å². The topological polar surface area (TPSA) is 115 Å². The lowest BCUT2D eigenvalue weighted by atomic mass is 9.88. The number of carbonyl (C=O) groups excluding carboxylic acids is 2. The van der Waals surface area contributed by atoms with Gasteiger partial charge < -0.3 is 20.5 Å². The molecule has 0 heterocycles. The summed E-state index contributed by atoms with van der Waals surface area (Å²) in [5.41, 5.74) is 8.13. The number of nitrogens with zero attached hydrogens (tertiary/aromatic N) is 2. The Hall–Kier alpha value is -3.62. The van der Waals surface area contributed by atoms with Crippen LogP contribution in [0.3, 0.4) is 0 Å². The molecule has 0 aliphatic heterocycles. The number of methoxy groups -OCH3 is 2. The van der Waals surface area contributed by atoms with Crippen LogP contribution in [0.25, 0.3) is 5.57 Å². The van der Waals surface area contributed by atoms with E-state index in [1.165, 1.54) is 26.4 Å². The molecule has 0 unspecified atom stereocenters. The minimum Gasteiger partial charge on any atom is -0.495 e. The predicted molar refractivity (Wildman–Crippen MR) is 136 cm³/mol. The van der Waals surface area contributed by atoms with Gasteiger partial charge in [0.25, 0.3) is 5.91 Å². The highest BCUT2D eigenvalue weighted by Crippen LogP contribution is 2.45. The summed E-state index contributed by atoms with van der Waals surface area (Å²) in [7, 11) is 6.11. The Morgan fingerprint density at radius 1 is 0.912 bits per heavy atom. The van der Waals surface area contributed by atoms with Crippen molar-refractivity contribution in [2.75, 3.05) is 33.6 Å². The van der Waals surface area contributed by atoms with E-state index in [1.54, 1.807) is 44.4 Å². The van der Waals surface area contributed by atoms with Crippen molar-refractivity contribution < 1.29 is 19.1 Å². The molecule has 2 aromatic carbocycles. The SMILES string of the molecule is CN=C1C(C(=O)Nc2ccc(C(N)=O)cc2)=CC=C(c2c(Cl)c(OC)cc(OC)c2Cl)C1=NC. The molecule has 0 saturated carbocycles. The molecule has 0 saturated heterocycles. The Balaban J connectivity index is 2.07. The van der Waals surface area contributed by atoms with Gasteiger partial charge in [-0.15, -0.1) is 0 Å². The van der Waals surface area contributed by atoms with Gasteiger partial charge in [0.15, 0.2) is 0 Å². The van der Waals surface area contributed by atoms with Crippen molar-refractivity contribution in [1.29, 1.82) is 0 Å². The molecule has 0 aromatic heterocycles. The zero-order valence-electron chi connectivity index (χ0n) is 18.9. The van der Waals surface area contributed by atoms with Gasteiger partial charge >= 0.3 is 0 Å². The van der Waals surface area contributed by atoms with Crippen molar-refractivity contribution in [3.63, 3.8) is 0 Å². The lowest BCUT2D eigenvalue weighted by Gasteiger charge is -2.22. The van der Waals surface area contributed by atoms with Crippen LogP contribution in [0, 0.1) is 0 Å². The maximum Gasteiger partial charge on any atom is 0.257 e. The fraction of sp³-hybridized carbons (Fsp3) is 0.167. The molecule has 34 heavy (non-hydrogen) atoms. The number of hydrogen-bond donors (Lipinski definition) is 2. The van der Waals surface area contributed by atoms with Crippen molar-refractivity contribution in [3.05, 3.63) is 69.2 Å². The molecule has 2 amide bonds. The number of ether oxygens (including phenoxy) is 2. The zero-order chi connectivity index (χ0) is 25.0. The first-order valence-electron chi connectivity index (χ1n) is 9.95. The number of primary amides is 1. The van der Waals surface area contributed by atoms with Gasteiger partial charge in [-0.05, 0) is 30.3 Å². The largest absolute Gasteiger partial charge is 0.495 e. The first kappa shape index (κ1) is 25.0. The van der Waals surface area contributed by atoms with Crippen LogP contribution < -0.4 is 20.5 Å². The van der Waals surface area contributed by atoms with Crippen LogP contribution in [-0.2, 0) is 4.79 Å². The number of allylic oxidation sites excluding steroid dienone is 3. The number of halogens is 2.